The molecular weight excluding hydrogens is 558 g/mol. The first kappa shape index (κ1) is 24.9. The van der Waals surface area contributed by atoms with E-state index in [4.69, 9.17) is 20.5 Å². The number of rotatable bonds is 8. The number of guanidine groups is 1. The molecule has 3 aromatic rings. The van der Waals surface area contributed by atoms with Gasteiger partial charge in [0.15, 0.2) is 11.5 Å². The van der Waals surface area contributed by atoms with Crippen LogP contribution in [0, 0.1) is 11.2 Å². The maximum atomic E-state index is 13.7. The highest BCUT2D eigenvalue weighted by molar-refractivity contribution is 14.1. The number of aromatic nitrogens is 2. The lowest BCUT2D eigenvalue weighted by Crippen LogP contribution is -2.38. The number of nitrogens with one attached hydrogen (secondary N) is 4. The topological polar surface area (TPSA) is 164 Å². The third-order valence-corrected chi connectivity index (χ3v) is 5.34. The number of primary amides is 1. The van der Waals surface area contributed by atoms with E-state index in [9.17, 15) is 9.18 Å². The van der Waals surface area contributed by atoms with Crippen LogP contribution in [0.4, 0.5) is 14.9 Å². The number of benzene rings is 2. The number of nitrogens with zero attached hydrogens (tertiary/aromatic N) is 3. The molecule has 0 radical (unpaired) electrons. The lowest BCUT2D eigenvalue weighted by atomic mass is 10.2. The second-order valence-electron chi connectivity index (χ2n) is 6.85. The number of anilines is 1. The molecule has 0 aliphatic carbocycles. The molecule has 178 valence electrons. The number of hydrogen-bond donors (Lipinski definition) is 5. The predicted octanol–water partition coefficient (Wildman–Crippen LogP) is 2.90. The number of methoxy groups -OCH3 is 1. The van der Waals surface area contributed by atoms with Crippen LogP contribution < -0.4 is 26.4 Å². The van der Waals surface area contributed by atoms with Crippen LogP contribution >= 0.6 is 22.6 Å². The molecule has 0 spiro atoms. The molecule has 0 saturated carbocycles. The summed E-state index contributed by atoms with van der Waals surface area (Å²) in [6, 6.07) is 10.9. The highest BCUT2D eigenvalue weighted by Crippen LogP contribution is 2.18. The predicted molar refractivity (Wildman–Crippen MR) is 133 cm³/mol. The normalized spacial score (nSPS) is 11.1. The molecule has 0 bridgehead atoms. The molecule has 3 rings (SSSR count). The van der Waals surface area contributed by atoms with Gasteiger partial charge in [0.05, 0.1) is 13.7 Å². The number of halogens is 2. The summed E-state index contributed by atoms with van der Waals surface area (Å²) in [7, 11) is 1.58. The first-order chi connectivity index (χ1) is 16.4. The second kappa shape index (κ2) is 11.9. The van der Waals surface area contributed by atoms with Gasteiger partial charge in [0.2, 0.25) is 5.96 Å². The summed E-state index contributed by atoms with van der Waals surface area (Å²) in [6.07, 6.45) is 0. The van der Waals surface area contributed by atoms with E-state index in [1.807, 2.05) is 24.3 Å². The molecule has 6 N–H and O–H groups in total. The highest BCUT2D eigenvalue weighted by atomic mass is 127. The highest BCUT2D eigenvalue weighted by Gasteiger charge is 2.17. The molecule has 0 atom stereocenters. The van der Waals surface area contributed by atoms with Crippen molar-refractivity contribution >= 4 is 46.1 Å². The minimum Gasteiger partial charge on any atom is -0.497 e. The summed E-state index contributed by atoms with van der Waals surface area (Å²) in [6.45, 7) is 0.390. The van der Waals surface area contributed by atoms with Gasteiger partial charge >= 0.3 is 6.03 Å². The first-order valence-electron chi connectivity index (χ1n) is 9.90. The van der Waals surface area contributed by atoms with E-state index in [-0.39, 0.29) is 35.5 Å². The zero-order chi connectivity index (χ0) is 24.5. The van der Waals surface area contributed by atoms with Gasteiger partial charge in [-0.2, -0.15) is 4.99 Å². The van der Waals surface area contributed by atoms with E-state index in [2.05, 4.69) is 53.8 Å². The fourth-order valence-corrected chi connectivity index (χ4v) is 3.40. The number of carbonyl (C=O) groups excluding carboxylic acids is 1. The molecule has 0 aliphatic heterocycles. The van der Waals surface area contributed by atoms with Crippen molar-refractivity contribution in [2.45, 2.75) is 17.5 Å². The Bertz CT molecular complexity index is 1180. The van der Waals surface area contributed by atoms with Crippen LogP contribution in [0.5, 0.6) is 5.75 Å². The van der Waals surface area contributed by atoms with Gasteiger partial charge in [0.25, 0.3) is 0 Å². The van der Waals surface area contributed by atoms with Gasteiger partial charge in [-0.3, -0.25) is 5.41 Å². The number of amides is 2. The molecule has 1 aromatic heterocycles. The minimum atomic E-state index is -0.889. The summed E-state index contributed by atoms with van der Waals surface area (Å²) in [5.41, 5.74) is 7.59. The SMILES string of the molecule is COc1ccc(CNC(=NC(N)=O)NCc2nonc2C(=N)Nc2ccc(F)c(CI)c2)cc1. The van der Waals surface area contributed by atoms with E-state index in [0.717, 1.165) is 11.3 Å². The van der Waals surface area contributed by atoms with Crippen LogP contribution in [-0.2, 0) is 17.5 Å². The van der Waals surface area contributed by atoms with Crippen LogP contribution in [0.15, 0.2) is 52.1 Å². The molecule has 0 fully saturated rings. The van der Waals surface area contributed by atoms with Crippen molar-refractivity contribution in [2.75, 3.05) is 12.4 Å². The van der Waals surface area contributed by atoms with Crippen molar-refractivity contribution < 1.29 is 18.6 Å². The summed E-state index contributed by atoms with van der Waals surface area (Å²) in [5.74, 6) is 0.426. The van der Waals surface area contributed by atoms with Crippen molar-refractivity contribution in [3.63, 3.8) is 0 Å². The molecule has 1 heterocycles. The lowest BCUT2D eigenvalue weighted by Gasteiger charge is -2.12. The molecule has 11 nitrogen and oxygen atoms in total. The maximum Gasteiger partial charge on any atom is 0.341 e. The number of hydrogen-bond acceptors (Lipinski definition) is 6. The van der Waals surface area contributed by atoms with Gasteiger partial charge < -0.3 is 26.4 Å². The average molecular weight is 580 g/mol. The van der Waals surface area contributed by atoms with Crippen LogP contribution in [0.3, 0.4) is 0 Å². The summed E-state index contributed by atoms with van der Waals surface area (Å²) in [5, 5.41) is 24.6. The summed E-state index contributed by atoms with van der Waals surface area (Å²) < 4.78 is 24.1. The molecule has 2 amide bonds. The third-order valence-electron chi connectivity index (χ3n) is 4.52. The molecule has 0 saturated heterocycles. The Morgan fingerprint density at radius 1 is 1.21 bits per heavy atom. The van der Waals surface area contributed by atoms with Crippen LogP contribution in [0.2, 0.25) is 0 Å². The van der Waals surface area contributed by atoms with Crippen LogP contribution in [0.1, 0.15) is 22.5 Å². The number of ether oxygens (including phenoxy) is 1. The monoisotopic (exact) mass is 580 g/mol. The van der Waals surface area contributed by atoms with E-state index in [0.29, 0.717) is 22.2 Å². The third kappa shape index (κ3) is 6.87. The number of carbonyl (C=O) groups is 1. The summed E-state index contributed by atoms with van der Waals surface area (Å²) in [4.78, 5) is 15.1. The average Bonchev–Trinajstić information content (AvgIpc) is 3.31. The number of aliphatic imine (C=N–C) groups is 1. The molecule has 2 aromatic carbocycles. The Labute approximate surface area is 208 Å². The van der Waals surface area contributed by atoms with Crippen LogP contribution in [-0.4, -0.2) is 35.2 Å². The second-order valence-corrected chi connectivity index (χ2v) is 7.62. The van der Waals surface area contributed by atoms with E-state index >= 15 is 0 Å². The zero-order valence-electron chi connectivity index (χ0n) is 18.1. The van der Waals surface area contributed by atoms with Crippen molar-refractivity contribution in [3.8, 4) is 5.75 Å². The summed E-state index contributed by atoms with van der Waals surface area (Å²) >= 11 is 2.06. The van der Waals surface area contributed by atoms with Gasteiger partial charge in [-0.15, -0.1) is 0 Å². The van der Waals surface area contributed by atoms with E-state index in [1.165, 1.54) is 12.1 Å². The van der Waals surface area contributed by atoms with Gasteiger partial charge in [0, 0.05) is 16.7 Å². The smallest absolute Gasteiger partial charge is 0.341 e. The van der Waals surface area contributed by atoms with Crippen LogP contribution in [0.25, 0.3) is 0 Å². The number of urea groups is 1. The van der Waals surface area contributed by atoms with Crippen molar-refractivity contribution in [1.82, 2.24) is 20.9 Å². The zero-order valence-corrected chi connectivity index (χ0v) is 20.2. The largest absolute Gasteiger partial charge is 0.497 e. The van der Waals surface area contributed by atoms with Gasteiger partial charge in [0.1, 0.15) is 17.3 Å². The van der Waals surface area contributed by atoms with E-state index < -0.39 is 6.03 Å². The van der Waals surface area contributed by atoms with E-state index in [1.54, 1.807) is 13.2 Å². The molecule has 13 heteroatoms. The fraction of sp³-hybridized carbons (Fsp3) is 0.190. The Kier molecular flexibility index (Phi) is 8.73. The van der Waals surface area contributed by atoms with Crippen molar-refractivity contribution in [1.29, 1.82) is 5.41 Å². The van der Waals surface area contributed by atoms with Gasteiger partial charge in [-0.1, -0.05) is 39.9 Å². The molecular formula is C21H22FIN8O3. The Hall–Kier alpha value is -3.75. The standard InChI is InChI=1S/C21H22FIN8O3/c1-33-15-5-2-12(3-6-15)10-26-21(29-20(25)32)27-11-17-18(31-34-30-17)19(24)28-14-4-7-16(22)13(8-14)9-23/h2-8H,9-11H2,1H3,(H2,24,28)(H4,25,26,27,29,32). The fourth-order valence-electron chi connectivity index (χ4n) is 2.82. The first-order valence-corrected chi connectivity index (χ1v) is 11.4. The van der Waals surface area contributed by atoms with Crippen molar-refractivity contribution in [3.05, 3.63) is 70.8 Å². The number of nitrogens with two attached hydrogens (primary N) is 1. The Balaban J connectivity index is 1.64. The Morgan fingerprint density at radius 3 is 2.62 bits per heavy atom. The minimum absolute atomic E-state index is 0.0348. The Morgan fingerprint density at radius 2 is 1.94 bits per heavy atom. The molecule has 0 aliphatic rings. The number of alkyl halides is 1. The maximum absolute atomic E-state index is 13.7. The van der Waals surface area contributed by atoms with Crippen molar-refractivity contribution in [2.24, 2.45) is 10.7 Å². The van der Waals surface area contributed by atoms with Gasteiger partial charge in [-0.05, 0) is 46.6 Å². The molecule has 34 heavy (non-hydrogen) atoms. The van der Waals surface area contributed by atoms with Gasteiger partial charge in [-0.25, -0.2) is 13.8 Å². The number of amidine groups is 1. The quantitative estimate of drug-likeness (QED) is 0.118. The molecule has 0 unspecified atom stereocenters. The lowest BCUT2D eigenvalue weighted by molar-refractivity contribution is 0.256.